The topological polar surface area (TPSA) is 36.7 Å². The molecule has 1 heterocycles. The quantitative estimate of drug-likeness (QED) is 0.696. The van der Waals surface area contributed by atoms with E-state index in [0.717, 1.165) is 14.5 Å². The Morgan fingerprint density at radius 1 is 1.31 bits per heavy atom. The van der Waals surface area contributed by atoms with Gasteiger partial charge in [0, 0.05) is 15.2 Å². The minimum absolute atomic E-state index is 0.677. The molecule has 3 heteroatoms. The third-order valence-corrected chi connectivity index (χ3v) is 2.37. The van der Waals surface area contributed by atoms with E-state index in [-0.39, 0.29) is 0 Å². The summed E-state index contributed by atoms with van der Waals surface area (Å²) in [4.78, 5) is 4.24. The molecule has 0 saturated heterocycles. The lowest BCUT2D eigenvalue weighted by molar-refractivity contribution is 1.38. The number of hydrogen-bond acceptors (Lipinski definition) is 2. The number of benzene rings is 1. The maximum atomic E-state index is 8.69. The first-order valence-electron chi connectivity index (χ1n) is 3.75. The molecule has 62 valence electrons. The fraction of sp³-hybridized carbons (Fsp3) is 0. The summed E-state index contributed by atoms with van der Waals surface area (Å²) in [7, 11) is 0. The molecule has 13 heavy (non-hydrogen) atoms. The van der Waals surface area contributed by atoms with Gasteiger partial charge in [0.1, 0.15) is 0 Å². The summed E-state index contributed by atoms with van der Waals surface area (Å²) in [6.45, 7) is 0. The third-order valence-electron chi connectivity index (χ3n) is 1.78. The molecule has 0 unspecified atom stereocenters. The Labute approximate surface area is 89.4 Å². The highest BCUT2D eigenvalue weighted by Crippen LogP contribution is 2.15. The summed E-state index contributed by atoms with van der Waals surface area (Å²) < 4.78 is 1.08. The summed E-state index contributed by atoms with van der Waals surface area (Å²) in [5.41, 5.74) is 1.61. The highest BCUT2D eigenvalue weighted by Gasteiger charge is 1.97. The van der Waals surface area contributed by atoms with Gasteiger partial charge in [-0.3, -0.25) is 4.98 Å². The first-order valence-corrected chi connectivity index (χ1v) is 4.83. The molecular weight excluding hydrogens is 275 g/mol. The highest BCUT2D eigenvalue weighted by atomic mass is 127. The van der Waals surface area contributed by atoms with Crippen molar-refractivity contribution >= 4 is 33.5 Å². The van der Waals surface area contributed by atoms with Crippen molar-refractivity contribution in [2.75, 3.05) is 0 Å². The second-order valence-electron chi connectivity index (χ2n) is 2.67. The van der Waals surface area contributed by atoms with E-state index in [1.165, 1.54) is 0 Å². The van der Waals surface area contributed by atoms with Crippen molar-refractivity contribution in [2.24, 2.45) is 0 Å². The highest BCUT2D eigenvalue weighted by molar-refractivity contribution is 14.1. The Bertz CT molecular complexity index is 500. The zero-order chi connectivity index (χ0) is 9.26. The molecule has 0 aliphatic rings. The van der Waals surface area contributed by atoms with Gasteiger partial charge in [0.05, 0.1) is 17.1 Å². The normalized spacial score (nSPS) is 9.85. The summed E-state index contributed by atoms with van der Waals surface area (Å²) in [5, 5.41) is 9.71. The number of halogens is 1. The lowest BCUT2D eigenvalue weighted by atomic mass is 10.1. The van der Waals surface area contributed by atoms with E-state index in [0.29, 0.717) is 5.56 Å². The Morgan fingerprint density at radius 2 is 2.15 bits per heavy atom. The van der Waals surface area contributed by atoms with Crippen LogP contribution in [-0.4, -0.2) is 4.98 Å². The minimum atomic E-state index is 0.677. The van der Waals surface area contributed by atoms with Crippen molar-refractivity contribution < 1.29 is 0 Å². The van der Waals surface area contributed by atoms with Gasteiger partial charge in [-0.2, -0.15) is 5.26 Å². The van der Waals surface area contributed by atoms with Gasteiger partial charge >= 0.3 is 0 Å². The fourth-order valence-corrected chi connectivity index (χ4v) is 1.65. The van der Waals surface area contributed by atoms with Crippen LogP contribution in [0.4, 0.5) is 0 Å². The largest absolute Gasteiger partial charge is 0.255 e. The van der Waals surface area contributed by atoms with Crippen LogP contribution in [0.25, 0.3) is 10.9 Å². The zero-order valence-corrected chi connectivity index (χ0v) is 8.82. The third kappa shape index (κ3) is 1.63. The Hall–Kier alpha value is -1.15. The van der Waals surface area contributed by atoms with Gasteiger partial charge in [0.25, 0.3) is 0 Å². The van der Waals surface area contributed by atoms with Crippen molar-refractivity contribution in [3.8, 4) is 6.07 Å². The van der Waals surface area contributed by atoms with E-state index in [1.54, 1.807) is 6.07 Å². The van der Waals surface area contributed by atoms with Crippen LogP contribution >= 0.6 is 22.6 Å². The number of rotatable bonds is 0. The van der Waals surface area contributed by atoms with Crippen LogP contribution in [0, 0.1) is 14.9 Å². The number of fused-ring (bicyclic) bond motifs is 1. The molecule has 2 nitrogen and oxygen atoms in total. The number of nitrogens with zero attached hydrogens (tertiary/aromatic N) is 2. The van der Waals surface area contributed by atoms with Gasteiger partial charge < -0.3 is 0 Å². The van der Waals surface area contributed by atoms with Crippen molar-refractivity contribution in [3.63, 3.8) is 0 Å². The maximum Gasteiger partial charge on any atom is 0.0991 e. The van der Waals surface area contributed by atoms with Gasteiger partial charge in [0.15, 0.2) is 0 Å². The maximum absolute atomic E-state index is 8.69. The first-order chi connectivity index (χ1) is 6.29. The molecule has 0 atom stereocenters. The number of hydrogen-bond donors (Lipinski definition) is 0. The molecule has 0 fully saturated rings. The molecule has 1 aromatic heterocycles. The lowest BCUT2D eigenvalue weighted by Crippen LogP contribution is -1.81. The summed E-state index contributed by atoms with van der Waals surface area (Å²) in [6, 6.07) is 9.62. The molecule has 2 rings (SSSR count). The summed E-state index contributed by atoms with van der Waals surface area (Å²) >= 11 is 2.21. The molecule has 0 radical (unpaired) electrons. The Balaban J connectivity index is 2.77. The molecule has 0 bridgehead atoms. The second kappa shape index (κ2) is 3.30. The van der Waals surface area contributed by atoms with Gasteiger partial charge in [-0.1, -0.05) is 0 Å². The molecule has 0 aliphatic carbocycles. The standard InChI is InChI=1S/C10H5IN2/c11-9-4-8-3-7(5-12)1-2-10(8)13-6-9/h1-4,6H. The lowest BCUT2D eigenvalue weighted by Gasteiger charge is -1.97. The average Bonchev–Trinajstić information content (AvgIpc) is 2.16. The SMILES string of the molecule is N#Cc1ccc2ncc(I)cc2c1. The van der Waals surface area contributed by atoms with Crippen LogP contribution in [0.15, 0.2) is 30.5 Å². The molecule has 0 N–H and O–H groups in total. The average molecular weight is 280 g/mol. The zero-order valence-electron chi connectivity index (χ0n) is 6.66. The van der Waals surface area contributed by atoms with E-state index in [4.69, 9.17) is 5.26 Å². The molecule has 0 saturated carbocycles. The van der Waals surface area contributed by atoms with Crippen molar-refractivity contribution in [1.82, 2.24) is 4.98 Å². The molecule has 0 amide bonds. The van der Waals surface area contributed by atoms with Crippen LogP contribution in [-0.2, 0) is 0 Å². The molecule has 0 spiro atoms. The number of nitriles is 1. The van der Waals surface area contributed by atoms with Crippen LogP contribution in [0.3, 0.4) is 0 Å². The second-order valence-corrected chi connectivity index (χ2v) is 3.92. The molecule has 0 aliphatic heterocycles. The molecular formula is C10H5IN2. The number of aromatic nitrogens is 1. The summed E-state index contributed by atoms with van der Waals surface area (Å²) in [5.74, 6) is 0. The van der Waals surface area contributed by atoms with E-state index < -0.39 is 0 Å². The van der Waals surface area contributed by atoms with Crippen LogP contribution < -0.4 is 0 Å². The van der Waals surface area contributed by atoms with E-state index >= 15 is 0 Å². The van der Waals surface area contributed by atoms with Gasteiger partial charge in [-0.15, -0.1) is 0 Å². The van der Waals surface area contributed by atoms with E-state index in [1.807, 2.05) is 24.4 Å². The first kappa shape index (κ1) is 8.45. The van der Waals surface area contributed by atoms with E-state index in [9.17, 15) is 0 Å². The predicted molar refractivity (Wildman–Crippen MR) is 59.2 cm³/mol. The Kier molecular flexibility index (Phi) is 2.15. The van der Waals surface area contributed by atoms with Crippen molar-refractivity contribution in [2.45, 2.75) is 0 Å². The van der Waals surface area contributed by atoms with Gasteiger partial charge in [-0.25, -0.2) is 0 Å². The van der Waals surface area contributed by atoms with Crippen molar-refractivity contribution in [3.05, 3.63) is 39.6 Å². The smallest absolute Gasteiger partial charge is 0.0991 e. The van der Waals surface area contributed by atoms with Crippen molar-refractivity contribution in [1.29, 1.82) is 5.26 Å². The molecule has 2 aromatic rings. The predicted octanol–water partition coefficient (Wildman–Crippen LogP) is 2.71. The van der Waals surface area contributed by atoms with Gasteiger partial charge in [0.2, 0.25) is 0 Å². The Morgan fingerprint density at radius 3 is 2.92 bits per heavy atom. The fourth-order valence-electron chi connectivity index (χ4n) is 1.17. The van der Waals surface area contributed by atoms with Gasteiger partial charge in [-0.05, 0) is 46.9 Å². The minimum Gasteiger partial charge on any atom is -0.255 e. The number of pyridine rings is 1. The summed E-state index contributed by atoms with van der Waals surface area (Å²) in [6.07, 6.45) is 1.81. The monoisotopic (exact) mass is 280 g/mol. The van der Waals surface area contributed by atoms with Crippen LogP contribution in [0.1, 0.15) is 5.56 Å². The molecule has 1 aromatic carbocycles. The van der Waals surface area contributed by atoms with E-state index in [2.05, 4.69) is 33.6 Å². The van der Waals surface area contributed by atoms with Crippen LogP contribution in [0.5, 0.6) is 0 Å². The van der Waals surface area contributed by atoms with Crippen LogP contribution in [0.2, 0.25) is 0 Å².